The van der Waals surface area contributed by atoms with E-state index in [9.17, 15) is 17.2 Å². The molecule has 0 saturated carbocycles. The third-order valence-electron chi connectivity index (χ3n) is 2.75. The molecule has 0 fully saturated rings. The van der Waals surface area contributed by atoms with Crippen LogP contribution in [-0.4, -0.2) is 34.3 Å². The predicted molar refractivity (Wildman–Crippen MR) is 75.0 cm³/mol. The number of benzene rings is 1. The quantitative estimate of drug-likeness (QED) is 0.679. The summed E-state index contributed by atoms with van der Waals surface area (Å²) in [4.78, 5) is 0. The molecule has 0 heterocycles. The Labute approximate surface area is 118 Å². The molecule has 1 rings (SSSR count). The summed E-state index contributed by atoms with van der Waals surface area (Å²) < 4.78 is 51.6. The molecule has 1 aromatic rings. The molecular formula is C13H20F2N2O2S. The highest BCUT2D eigenvalue weighted by molar-refractivity contribution is 7.89. The molecule has 20 heavy (non-hydrogen) atoms. The number of rotatable bonds is 9. The van der Waals surface area contributed by atoms with E-state index in [-0.39, 0.29) is 18.7 Å². The molecule has 0 aromatic heterocycles. The molecule has 0 atom stereocenters. The van der Waals surface area contributed by atoms with Crippen LogP contribution in [-0.2, 0) is 16.4 Å². The number of hydrogen-bond acceptors (Lipinski definition) is 3. The van der Waals surface area contributed by atoms with Crippen molar-refractivity contribution in [2.45, 2.75) is 19.3 Å². The lowest BCUT2D eigenvalue weighted by atomic mass is 10.1. The monoisotopic (exact) mass is 306 g/mol. The molecule has 0 spiro atoms. The summed E-state index contributed by atoms with van der Waals surface area (Å²) in [7, 11) is -1.51. The van der Waals surface area contributed by atoms with Crippen molar-refractivity contribution in [3.05, 3.63) is 35.4 Å². The first-order valence-corrected chi connectivity index (χ1v) is 8.15. The predicted octanol–water partition coefficient (Wildman–Crippen LogP) is 1.43. The Balaban J connectivity index is 2.35. The highest BCUT2D eigenvalue weighted by atomic mass is 32.2. The average Bonchev–Trinajstić information content (AvgIpc) is 2.33. The first kappa shape index (κ1) is 17.0. The first-order valence-electron chi connectivity index (χ1n) is 6.50. The van der Waals surface area contributed by atoms with Gasteiger partial charge in [0.25, 0.3) is 0 Å². The topological polar surface area (TPSA) is 58.2 Å². The molecule has 0 unspecified atom stereocenters. The van der Waals surface area contributed by atoms with Gasteiger partial charge in [-0.3, -0.25) is 0 Å². The van der Waals surface area contributed by atoms with Crippen LogP contribution in [0.1, 0.15) is 18.4 Å². The summed E-state index contributed by atoms with van der Waals surface area (Å²) in [5, 5.41) is 2.94. The lowest BCUT2D eigenvalue weighted by Gasteiger charge is -2.07. The van der Waals surface area contributed by atoms with E-state index in [4.69, 9.17) is 0 Å². The number of halogens is 2. The van der Waals surface area contributed by atoms with Gasteiger partial charge in [-0.05, 0) is 50.6 Å². The van der Waals surface area contributed by atoms with E-state index in [1.165, 1.54) is 12.1 Å². The van der Waals surface area contributed by atoms with Gasteiger partial charge in [0, 0.05) is 12.6 Å². The standard InChI is InChI=1S/C13H20F2N2O2S/c1-16-5-2-3-7-20(18,19)17-6-4-11-8-12(14)10-13(15)9-11/h8-10,16-17H,2-7H2,1H3. The maximum atomic E-state index is 12.9. The minimum absolute atomic E-state index is 0.0617. The third-order valence-corrected chi connectivity index (χ3v) is 4.22. The summed E-state index contributed by atoms with van der Waals surface area (Å²) in [5.74, 6) is -1.25. The van der Waals surface area contributed by atoms with Gasteiger partial charge < -0.3 is 5.32 Å². The summed E-state index contributed by atoms with van der Waals surface area (Å²) >= 11 is 0. The van der Waals surface area contributed by atoms with Crippen molar-refractivity contribution >= 4 is 10.0 Å². The van der Waals surface area contributed by atoms with Crippen molar-refractivity contribution < 1.29 is 17.2 Å². The molecule has 114 valence electrons. The Morgan fingerprint density at radius 3 is 2.30 bits per heavy atom. The molecule has 2 N–H and O–H groups in total. The Morgan fingerprint density at radius 1 is 1.05 bits per heavy atom. The van der Waals surface area contributed by atoms with Crippen LogP contribution in [0.3, 0.4) is 0 Å². The third kappa shape index (κ3) is 6.93. The van der Waals surface area contributed by atoms with E-state index in [0.717, 1.165) is 19.0 Å². The van der Waals surface area contributed by atoms with Gasteiger partial charge in [-0.1, -0.05) is 0 Å². The highest BCUT2D eigenvalue weighted by Gasteiger charge is 2.09. The number of unbranched alkanes of at least 4 members (excludes halogenated alkanes) is 1. The Kier molecular flexibility index (Phi) is 7.04. The first-order chi connectivity index (χ1) is 9.43. The molecule has 0 saturated heterocycles. The molecular weight excluding hydrogens is 286 g/mol. The molecule has 0 aliphatic rings. The Bertz CT molecular complexity index is 501. The maximum Gasteiger partial charge on any atom is 0.211 e. The van der Waals surface area contributed by atoms with Gasteiger partial charge in [0.05, 0.1) is 5.75 Å². The number of sulfonamides is 1. The van der Waals surface area contributed by atoms with E-state index in [1.54, 1.807) is 0 Å². The smallest absolute Gasteiger partial charge is 0.211 e. The maximum absolute atomic E-state index is 12.9. The van der Waals surface area contributed by atoms with E-state index in [1.807, 2.05) is 7.05 Å². The van der Waals surface area contributed by atoms with Gasteiger partial charge in [0.2, 0.25) is 10.0 Å². The second-order valence-electron chi connectivity index (χ2n) is 4.55. The van der Waals surface area contributed by atoms with Crippen LogP contribution in [0.5, 0.6) is 0 Å². The number of hydrogen-bond donors (Lipinski definition) is 2. The molecule has 0 aliphatic carbocycles. The van der Waals surface area contributed by atoms with E-state index >= 15 is 0 Å². The van der Waals surface area contributed by atoms with Crippen LogP contribution >= 0.6 is 0 Å². The van der Waals surface area contributed by atoms with Crippen molar-refractivity contribution in [2.75, 3.05) is 25.9 Å². The van der Waals surface area contributed by atoms with Crippen LogP contribution in [0.2, 0.25) is 0 Å². The van der Waals surface area contributed by atoms with E-state index in [0.29, 0.717) is 12.0 Å². The fourth-order valence-corrected chi connectivity index (χ4v) is 2.91. The normalized spacial score (nSPS) is 11.8. The molecule has 7 heteroatoms. The fraction of sp³-hybridized carbons (Fsp3) is 0.538. The van der Waals surface area contributed by atoms with Crippen LogP contribution in [0, 0.1) is 11.6 Å². The van der Waals surface area contributed by atoms with E-state index < -0.39 is 21.7 Å². The molecule has 0 aliphatic heterocycles. The largest absolute Gasteiger partial charge is 0.320 e. The summed E-state index contributed by atoms with van der Waals surface area (Å²) in [5.41, 5.74) is 0.431. The minimum atomic E-state index is -3.32. The van der Waals surface area contributed by atoms with Gasteiger partial charge in [0.15, 0.2) is 0 Å². The summed E-state index contributed by atoms with van der Waals surface area (Å²) in [6.45, 7) is 0.912. The zero-order valence-electron chi connectivity index (χ0n) is 11.5. The number of nitrogens with one attached hydrogen (secondary N) is 2. The molecule has 0 radical (unpaired) electrons. The van der Waals surface area contributed by atoms with Gasteiger partial charge in [0.1, 0.15) is 11.6 Å². The average molecular weight is 306 g/mol. The molecule has 0 amide bonds. The van der Waals surface area contributed by atoms with Gasteiger partial charge in [-0.2, -0.15) is 0 Å². The summed E-state index contributed by atoms with van der Waals surface area (Å²) in [6, 6.07) is 3.18. The van der Waals surface area contributed by atoms with Crippen molar-refractivity contribution in [2.24, 2.45) is 0 Å². The van der Waals surface area contributed by atoms with Crippen LogP contribution in [0.4, 0.5) is 8.78 Å². The second kappa shape index (κ2) is 8.28. The van der Waals surface area contributed by atoms with Gasteiger partial charge in [-0.15, -0.1) is 0 Å². The van der Waals surface area contributed by atoms with Crippen molar-refractivity contribution in [1.82, 2.24) is 10.0 Å². The lowest BCUT2D eigenvalue weighted by Crippen LogP contribution is -2.28. The van der Waals surface area contributed by atoms with Crippen LogP contribution < -0.4 is 10.0 Å². The SMILES string of the molecule is CNCCCCS(=O)(=O)NCCc1cc(F)cc(F)c1. The zero-order chi connectivity index (χ0) is 15.0. The van der Waals surface area contributed by atoms with Gasteiger partial charge in [-0.25, -0.2) is 21.9 Å². The minimum Gasteiger partial charge on any atom is -0.320 e. The Morgan fingerprint density at radius 2 is 1.70 bits per heavy atom. The van der Waals surface area contributed by atoms with Crippen LogP contribution in [0.15, 0.2) is 18.2 Å². The second-order valence-corrected chi connectivity index (χ2v) is 6.48. The van der Waals surface area contributed by atoms with Crippen molar-refractivity contribution in [3.8, 4) is 0 Å². The van der Waals surface area contributed by atoms with Crippen molar-refractivity contribution in [1.29, 1.82) is 0 Å². The Hall–Kier alpha value is -1.05. The summed E-state index contributed by atoms with van der Waals surface area (Å²) in [6.07, 6.45) is 1.61. The molecule has 0 bridgehead atoms. The molecule has 1 aromatic carbocycles. The van der Waals surface area contributed by atoms with Crippen LogP contribution in [0.25, 0.3) is 0 Å². The molecule has 4 nitrogen and oxygen atoms in total. The van der Waals surface area contributed by atoms with Gasteiger partial charge >= 0.3 is 0 Å². The fourth-order valence-electron chi connectivity index (χ4n) is 1.77. The van der Waals surface area contributed by atoms with E-state index in [2.05, 4.69) is 10.0 Å². The van der Waals surface area contributed by atoms with Crippen molar-refractivity contribution in [3.63, 3.8) is 0 Å². The lowest BCUT2D eigenvalue weighted by molar-refractivity contribution is 0.573. The zero-order valence-corrected chi connectivity index (χ0v) is 12.3. The highest BCUT2D eigenvalue weighted by Crippen LogP contribution is 2.08.